The molecule has 0 saturated heterocycles. The SMILES string of the molecule is O=[N+]([O-])c1cc(S(=O)(=O)C(F)(F)F)ccc1N[C@@H]1CCCc2c1cnn2CCO. The number of halogens is 3. The van der Waals surface area contributed by atoms with Crippen LogP contribution in [0.1, 0.15) is 30.1 Å². The molecule has 1 aliphatic rings. The number of nitro benzene ring substituents is 1. The molecular formula is C16H17F3N4O5S. The number of sulfone groups is 1. The highest BCUT2D eigenvalue weighted by atomic mass is 32.2. The van der Waals surface area contributed by atoms with Crippen LogP contribution in [-0.4, -0.2) is 40.3 Å². The summed E-state index contributed by atoms with van der Waals surface area (Å²) in [5.41, 5.74) is -4.79. The molecule has 0 saturated carbocycles. The molecule has 158 valence electrons. The van der Waals surface area contributed by atoms with Crippen molar-refractivity contribution in [2.75, 3.05) is 11.9 Å². The molecule has 0 spiro atoms. The molecule has 1 atom stereocenters. The van der Waals surface area contributed by atoms with Crippen molar-refractivity contribution in [3.63, 3.8) is 0 Å². The van der Waals surface area contributed by atoms with Crippen molar-refractivity contribution in [2.24, 2.45) is 0 Å². The van der Waals surface area contributed by atoms with E-state index < -0.39 is 36.9 Å². The van der Waals surface area contributed by atoms with Crippen molar-refractivity contribution >= 4 is 21.2 Å². The Kier molecular flexibility index (Phi) is 5.54. The quantitative estimate of drug-likeness (QED) is 0.528. The Balaban J connectivity index is 1.96. The summed E-state index contributed by atoms with van der Waals surface area (Å²) < 4.78 is 63.0. The molecule has 9 nitrogen and oxygen atoms in total. The monoisotopic (exact) mass is 434 g/mol. The number of hydrogen-bond donors (Lipinski definition) is 2. The predicted octanol–water partition coefficient (Wildman–Crippen LogP) is 2.57. The number of hydrogen-bond acceptors (Lipinski definition) is 7. The van der Waals surface area contributed by atoms with Crippen molar-refractivity contribution < 1.29 is 31.6 Å². The lowest BCUT2D eigenvalue weighted by Crippen LogP contribution is -2.23. The normalized spacial score (nSPS) is 17.0. The average Bonchev–Trinajstić information content (AvgIpc) is 3.05. The molecule has 0 fully saturated rings. The number of anilines is 1. The first-order valence-corrected chi connectivity index (χ1v) is 10.1. The van der Waals surface area contributed by atoms with E-state index in [2.05, 4.69) is 10.4 Å². The first-order valence-electron chi connectivity index (χ1n) is 8.58. The Morgan fingerprint density at radius 2 is 2.10 bits per heavy atom. The molecule has 1 heterocycles. The second kappa shape index (κ2) is 7.63. The van der Waals surface area contributed by atoms with Crippen LogP contribution in [-0.2, 0) is 22.8 Å². The van der Waals surface area contributed by atoms with Crippen LogP contribution in [0.4, 0.5) is 24.5 Å². The second-order valence-electron chi connectivity index (χ2n) is 6.47. The lowest BCUT2D eigenvalue weighted by Gasteiger charge is -2.25. The Bertz CT molecular complexity index is 1040. The number of aliphatic hydroxyl groups is 1. The van der Waals surface area contributed by atoms with E-state index in [4.69, 9.17) is 5.11 Å². The highest BCUT2D eigenvalue weighted by Crippen LogP contribution is 2.38. The van der Waals surface area contributed by atoms with Gasteiger partial charge in [0.2, 0.25) is 0 Å². The summed E-state index contributed by atoms with van der Waals surface area (Å²) >= 11 is 0. The minimum absolute atomic E-state index is 0.0936. The molecule has 0 amide bonds. The molecule has 3 rings (SSSR count). The van der Waals surface area contributed by atoms with E-state index >= 15 is 0 Å². The van der Waals surface area contributed by atoms with Crippen LogP contribution in [0.25, 0.3) is 0 Å². The zero-order chi connectivity index (χ0) is 21.4. The van der Waals surface area contributed by atoms with Crippen LogP contribution in [0, 0.1) is 10.1 Å². The van der Waals surface area contributed by atoms with Gasteiger partial charge in [-0.05, 0) is 31.4 Å². The Labute approximate surface area is 163 Å². The van der Waals surface area contributed by atoms with Gasteiger partial charge in [-0.2, -0.15) is 18.3 Å². The van der Waals surface area contributed by atoms with Gasteiger partial charge in [-0.15, -0.1) is 0 Å². The summed E-state index contributed by atoms with van der Waals surface area (Å²) in [6, 6.07) is 1.67. The van der Waals surface area contributed by atoms with Gasteiger partial charge in [0.25, 0.3) is 15.5 Å². The van der Waals surface area contributed by atoms with Crippen LogP contribution < -0.4 is 5.32 Å². The highest BCUT2D eigenvalue weighted by Gasteiger charge is 2.47. The van der Waals surface area contributed by atoms with Gasteiger partial charge in [0.05, 0.1) is 35.2 Å². The topological polar surface area (TPSA) is 127 Å². The molecule has 0 bridgehead atoms. The maximum atomic E-state index is 12.8. The van der Waals surface area contributed by atoms with Gasteiger partial charge in [0.15, 0.2) is 0 Å². The van der Waals surface area contributed by atoms with Gasteiger partial charge in [0, 0.05) is 17.3 Å². The fraction of sp³-hybridized carbons (Fsp3) is 0.438. The second-order valence-corrected chi connectivity index (χ2v) is 8.41. The molecule has 0 radical (unpaired) electrons. The molecule has 1 aromatic heterocycles. The van der Waals surface area contributed by atoms with Gasteiger partial charge in [-0.25, -0.2) is 8.42 Å². The van der Waals surface area contributed by atoms with Crippen LogP contribution in [0.5, 0.6) is 0 Å². The standard InChI is InChI=1S/C16H17F3N4O5S/c17-16(18,19)29(27,28)10-4-5-13(15(8-10)23(25)26)21-12-2-1-3-14-11(12)9-20-22(14)6-7-24/h4-5,8-9,12,21,24H,1-3,6-7H2/t12-/m1/s1. The number of aliphatic hydroxyl groups excluding tert-OH is 1. The van der Waals surface area contributed by atoms with Crippen molar-refractivity contribution in [2.45, 2.75) is 42.3 Å². The number of nitrogens with zero attached hydrogens (tertiary/aromatic N) is 3. The largest absolute Gasteiger partial charge is 0.501 e. The first-order chi connectivity index (χ1) is 13.6. The molecule has 2 aromatic rings. The third-order valence-corrected chi connectivity index (χ3v) is 6.17. The van der Waals surface area contributed by atoms with Crippen molar-refractivity contribution in [1.82, 2.24) is 9.78 Å². The fourth-order valence-corrected chi connectivity index (χ4v) is 4.11. The number of nitrogens with one attached hydrogen (secondary N) is 1. The summed E-state index contributed by atoms with van der Waals surface area (Å²) in [5.74, 6) is 0. The van der Waals surface area contributed by atoms with Crippen LogP contribution in [0.2, 0.25) is 0 Å². The predicted molar refractivity (Wildman–Crippen MR) is 95.0 cm³/mol. The first kappa shape index (κ1) is 21.0. The Morgan fingerprint density at radius 1 is 1.38 bits per heavy atom. The summed E-state index contributed by atoms with van der Waals surface area (Å²) in [6.45, 7) is 0.193. The molecule has 1 aliphatic carbocycles. The van der Waals surface area contributed by atoms with Crippen LogP contribution in [0.15, 0.2) is 29.3 Å². The fourth-order valence-electron chi connectivity index (χ4n) is 3.33. The van der Waals surface area contributed by atoms with E-state index in [1.54, 1.807) is 10.9 Å². The number of nitro groups is 1. The summed E-state index contributed by atoms with van der Waals surface area (Å²) in [4.78, 5) is 9.25. The Hall–Kier alpha value is -2.67. The minimum atomic E-state index is -5.70. The number of alkyl halides is 3. The van der Waals surface area contributed by atoms with E-state index in [0.717, 1.165) is 23.7 Å². The zero-order valence-electron chi connectivity index (χ0n) is 14.9. The van der Waals surface area contributed by atoms with Gasteiger partial charge in [-0.3, -0.25) is 14.8 Å². The van der Waals surface area contributed by atoms with Crippen LogP contribution in [0.3, 0.4) is 0 Å². The van der Waals surface area contributed by atoms with E-state index in [0.29, 0.717) is 31.5 Å². The smallest absolute Gasteiger partial charge is 0.394 e. The van der Waals surface area contributed by atoms with Gasteiger partial charge >= 0.3 is 5.51 Å². The van der Waals surface area contributed by atoms with E-state index in [1.165, 1.54) is 0 Å². The van der Waals surface area contributed by atoms with Crippen molar-refractivity contribution in [3.05, 3.63) is 45.8 Å². The zero-order valence-corrected chi connectivity index (χ0v) is 15.7. The lowest BCUT2D eigenvalue weighted by molar-refractivity contribution is -0.384. The van der Waals surface area contributed by atoms with Gasteiger partial charge in [0.1, 0.15) is 5.69 Å². The molecule has 2 N–H and O–H groups in total. The van der Waals surface area contributed by atoms with Crippen molar-refractivity contribution in [3.8, 4) is 0 Å². The maximum absolute atomic E-state index is 12.8. The summed E-state index contributed by atoms with van der Waals surface area (Å²) in [7, 11) is -5.70. The van der Waals surface area contributed by atoms with Crippen LogP contribution >= 0.6 is 0 Å². The van der Waals surface area contributed by atoms with E-state index in [1.807, 2.05) is 0 Å². The average molecular weight is 434 g/mol. The molecular weight excluding hydrogens is 417 g/mol. The Morgan fingerprint density at radius 3 is 2.72 bits per heavy atom. The van der Waals surface area contributed by atoms with Crippen molar-refractivity contribution in [1.29, 1.82) is 0 Å². The number of rotatable bonds is 6. The van der Waals surface area contributed by atoms with E-state index in [9.17, 15) is 31.7 Å². The lowest BCUT2D eigenvalue weighted by atomic mass is 9.92. The van der Waals surface area contributed by atoms with E-state index in [-0.39, 0.29) is 12.3 Å². The molecule has 0 unspecified atom stereocenters. The number of fused-ring (bicyclic) bond motifs is 1. The molecule has 0 aliphatic heterocycles. The molecule has 13 heteroatoms. The third-order valence-electron chi connectivity index (χ3n) is 4.69. The van der Waals surface area contributed by atoms with Gasteiger partial charge < -0.3 is 10.4 Å². The van der Waals surface area contributed by atoms with Gasteiger partial charge in [-0.1, -0.05) is 0 Å². The summed E-state index contributed by atoms with van der Waals surface area (Å²) in [6.07, 6.45) is 3.61. The number of aromatic nitrogens is 2. The summed E-state index contributed by atoms with van der Waals surface area (Å²) in [5, 5.41) is 27.6. The molecule has 29 heavy (non-hydrogen) atoms. The third kappa shape index (κ3) is 3.92. The maximum Gasteiger partial charge on any atom is 0.501 e. The highest BCUT2D eigenvalue weighted by molar-refractivity contribution is 7.92. The minimum Gasteiger partial charge on any atom is -0.394 e. The molecule has 1 aromatic carbocycles. The number of benzene rings is 1.